The molecule has 2 unspecified atom stereocenters. The van der Waals surface area contributed by atoms with E-state index >= 15 is 0 Å². The highest BCUT2D eigenvalue weighted by molar-refractivity contribution is 6.24. The number of ketones is 1. The molecule has 0 saturated carbocycles. The fraction of sp³-hybridized carbons (Fsp3) is 0.417. The normalized spacial score (nSPS) is 32.2. The number of hydrogen-bond acceptors (Lipinski definition) is 3. The SMILES string of the molecule is C=C(C)C(=O)C12C=CCCC1C(=O)NC2=O. The van der Waals surface area contributed by atoms with E-state index < -0.39 is 17.2 Å². The molecule has 0 aromatic rings. The monoisotopic (exact) mass is 219 g/mol. The van der Waals surface area contributed by atoms with Crippen LogP contribution in [0.15, 0.2) is 24.3 Å². The average molecular weight is 219 g/mol. The topological polar surface area (TPSA) is 63.2 Å². The molecule has 1 aliphatic heterocycles. The minimum absolute atomic E-state index is 0.307. The molecule has 2 rings (SSSR count). The van der Waals surface area contributed by atoms with E-state index in [2.05, 4.69) is 11.9 Å². The maximum atomic E-state index is 12.1. The van der Waals surface area contributed by atoms with E-state index in [4.69, 9.17) is 0 Å². The molecule has 1 aliphatic carbocycles. The van der Waals surface area contributed by atoms with Crippen molar-refractivity contribution in [3.05, 3.63) is 24.3 Å². The van der Waals surface area contributed by atoms with Crippen LogP contribution in [0.2, 0.25) is 0 Å². The minimum Gasteiger partial charge on any atom is -0.295 e. The molecule has 0 aromatic heterocycles. The Morgan fingerprint density at radius 3 is 2.88 bits per heavy atom. The van der Waals surface area contributed by atoms with Gasteiger partial charge in [0.25, 0.3) is 0 Å². The third-order valence-electron chi connectivity index (χ3n) is 3.24. The molecule has 4 nitrogen and oxygen atoms in total. The van der Waals surface area contributed by atoms with Crippen molar-refractivity contribution < 1.29 is 14.4 Å². The molecule has 1 fully saturated rings. The van der Waals surface area contributed by atoms with Crippen molar-refractivity contribution in [1.82, 2.24) is 5.32 Å². The van der Waals surface area contributed by atoms with Crippen LogP contribution in [0.3, 0.4) is 0 Å². The molecule has 1 N–H and O–H groups in total. The van der Waals surface area contributed by atoms with Gasteiger partial charge < -0.3 is 0 Å². The lowest BCUT2D eigenvalue weighted by Crippen LogP contribution is -2.42. The number of nitrogens with one attached hydrogen (secondary N) is 1. The van der Waals surface area contributed by atoms with E-state index in [0.29, 0.717) is 12.0 Å². The number of allylic oxidation sites excluding steroid dienone is 2. The van der Waals surface area contributed by atoms with Gasteiger partial charge in [0.1, 0.15) is 5.41 Å². The van der Waals surface area contributed by atoms with Crippen LogP contribution in [0.4, 0.5) is 0 Å². The Hall–Kier alpha value is -1.71. The Kier molecular flexibility index (Phi) is 2.30. The highest BCUT2D eigenvalue weighted by Crippen LogP contribution is 2.43. The largest absolute Gasteiger partial charge is 0.295 e. The quantitative estimate of drug-likeness (QED) is 0.322. The van der Waals surface area contributed by atoms with Crippen molar-refractivity contribution in [3.63, 3.8) is 0 Å². The van der Waals surface area contributed by atoms with Crippen molar-refractivity contribution in [1.29, 1.82) is 0 Å². The number of rotatable bonds is 2. The van der Waals surface area contributed by atoms with Crippen LogP contribution in [0, 0.1) is 11.3 Å². The van der Waals surface area contributed by atoms with Gasteiger partial charge in [-0.05, 0) is 25.3 Å². The zero-order chi connectivity index (χ0) is 11.9. The van der Waals surface area contributed by atoms with Crippen LogP contribution < -0.4 is 5.32 Å². The lowest BCUT2D eigenvalue weighted by atomic mass is 9.67. The molecule has 84 valence electrons. The molecule has 16 heavy (non-hydrogen) atoms. The third-order valence-corrected chi connectivity index (χ3v) is 3.24. The van der Waals surface area contributed by atoms with Crippen LogP contribution in [-0.2, 0) is 14.4 Å². The van der Waals surface area contributed by atoms with Gasteiger partial charge in [-0.2, -0.15) is 0 Å². The van der Waals surface area contributed by atoms with Crippen molar-refractivity contribution in [3.8, 4) is 0 Å². The summed E-state index contributed by atoms with van der Waals surface area (Å²) < 4.78 is 0. The van der Waals surface area contributed by atoms with E-state index in [1.807, 2.05) is 0 Å². The molecule has 2 amide bonds. The molecule has 1 saturated heterocycles. The van der Waals surface area contributed by atoms with E-state index in [-0.39, 0.29) is 11.7 Å². The van der Waals surface area contributed by atoms with Gasteiger partial charge in [0.05, 0.1) is 5.92 Å². The Labute approximate surface area is 93.4 Å². The van der Waals surface area contributed by atoms with Crippen molar-refractivity contribution in [2.75, 3.05) is 0 Å². The van der Waals surface area contributed by atoms with Crippen LogP contribution in [0.25, 0.3) is 0 Å². The molecule has 1 heterocycles. The fourth-order valence-corrected chi connectivity index (χ4v) is 2.44. The lowest BCUT2D eigenvalue weighted by molar-refractivity contribution is -0.136. The predicted octanol–water partition coefficient (Wildman–Crippen LogP) is 0.741. The Morgan fingerprint density at radius 2 is 2.25 bits per heavy atom. The first-order chi connectivity index (χ1) is 7.50. The van der Waals surface area contributed by atoms with Gasteiger partial charge in [-0.1, -0.05) is 18.7 Å². The number of fused-ring (bicyclic) bond motifs is 1. The molecule has 2 atom stereocenters. The molecular formula is C12H13NO3. The summed E-state index contributed by atoms with van der Waals surface area (Å²) >= 11 is 0. The first kappa shape index (κ1) is 10.8. The number of amides is 2. The third kappa shape index (κ3) is 1.19. The molecule has 2 aliphatic rings. The van der Waals surface area contributed by atoms with E-state index in [1.54, 1.807) is 19.1 Å². The summed E-state index contributed by atoms with van der Waals surface area (Å²) in [7, 11) is 0. The number of Topliss-reactive ketones (excluding diaryl/α,β-unsaturated/α-hetero) is 1. The molecule has 0 bridgehead atoms. The van der Waals surface area contributed by atoms with Gasteiger partial charge in [-0.15, -0.1) is 0 Å². The summed E-state index contributed by atoms with van der Waals surface area (Å²) in [5.41, 5.74) is -1.01. The molecule has 0 aromatic carbocycles. The second-order valence-corrected chi connectivity index (χ2v) is 4.33. The highest BCUT2D eigenvalue weighted by Gasteiger charge is 2.58. The Morgan fingerprint density at radius 1 is 1.56 bits per heavy atom. The predicted molar refractivity (Wildman–Crippen MR) is 57.3 cm³/mol. The first-order valence-corrected chi connectivity index (χ1v) is 5.23. The highest BCUT2D eigenvalue weighted by atomic mass is 16.2. The number of imide groups is 1. The maximum Gasteiger partial charge on any atom is 0.245 e. The second-order valence-electron chi connectivity index (χ2n) is 4.33. The van der Waals surface area contributed by atoms with Crippen molar-refractivity contribution in [2.45, 2.75) is 19.8 Å². The van der Waals surface area contributed by atoms with Gasteiger partial charge in [0.15, 0.2) is 5.78 Å². The molecular weight excluding hydrogens is 206 g/mol. The molecule has 4 heteroatoms. The van der Waals surface area contributed by atoms with Gasteiger partial charge in [-0.25, -0.2) is 0 Å². The zero-order valence-corrected chi connectivity index (χ0v) is 9.08. The smallest absolute Gasteiger partial charge is 0.245 e. The number of carbonyl (C=O) groups is 3. The number of hydrogen-bond donors (Lipinski definition) is 1. The van der Waals surface area contributed by atoms with E-state index in [9.17, 15) is 14.4 Å². The second kappa shape index (κ2) is 3.40. The van der Waals surface area contributed by atoms with Crippen LogP contribution in [0.5, 0.6) is 0 Å². The van der Waals surface area contributed by atoms with Gasteiger partial charge >= 0.3 is 0 Å². The Balaban J connectivity index is 2.55. The minimum atomic E-state index is -1.32. The van der Waals surface area contributed by atoms with Gasteiger partial charge in [0, 0.05) is 0 Å². The summed E-state index contributed by atoms with van der Waals surface area (Å²) in [6, 6.07) is 0. The first-order valence-electron chi connectivity index (χ1n) is 5.23. The van der Waals surface area contributed by atoms with Crippen molar-refractivity contribution in [2.24, 2.45) is 11.3 Å². The Bertz CT molecular complexity index is 436. The lowest BCUT2D eigenvalue weighted by Gasteiger charge is -2.29. The standard InChI is InChI=1S/C12H13NO3/c1-7(2)9(14)12-6-4-3-5-8(12)10(15)13-11(12)16/h4,6,8H,1,3,5H2,2H3,(H,13,15,16). The molecule has 0 spiro atoms. The van der Waals surface area contributed by atoms with Crippen molar-refractivity contribution >= 4 is 17.6 Å². The summed E-state index contributed by atoms with van der Waals surface area (Å²) in [6.07, 6.45) is 4.61. The average Bonchev–Trinajstić information content (AvgIpc) is 2.51. The van der Waals surface area contributed by atoms with Gasteiger partial charge in [0.2, 0.25) is 11.8 Å². The van der Waals surface area contributed by atoms with Crippen LogP contribution in [-0.4, -0.2) is 17.6 Å². The number of carbonyl (C=O) groups excluding carboxylic acids is 3. The zero-order valence-electron chi connectivity index (χ0n) is 9.08. The summed E-state index contributed by atoms with van der Waals surface area (Å²) in [5, 5.41) is 2.24. The summed E-state index contributed by atoms with van der Waals surface area (Å²) in [5.74, 6) is -1.76. The van der Waals surface area contributed by atoms with Crippen LogP contribution in [0.1, 0.15) is 19.8 Å². The van der Waals surface area contributed by atoms with E-state index in [1.165, 1.54) is 0 Å². The van der Waals surface area contributed by atoms with Gasteiger partial charge in [-0.3, -0.25) is 19.7 Å². The van der Waals surface area contributed by atoms with E-state index in [0.717, 1.165) is 6.42 Å². The maximum absolute atomic E-state index is 12.1. The van der Waals surface area contributed by atoms with Crippen LogP contribution >= 0.6 is 0 Å². The fourth-order valence-electron chi connectivity index (χ4n) is 2.44. The summed E-state index contributed by atoms with van der Waals surface area (Å²) in [6.45, 7) is 5.13. The summed E-state index contributed by atoms with van der Waals surface area (Å²) in [4.78, 5) is 35.5. The molecule has 0 radical (unpaired) electrons.